The molecule has 6 heteroatoms. The van der Waals surface area contributed by atoms with Gasteiger partial charge < -0.3 is 15.4 Å². The van der Waals surface area contributed by atoms with Gasteiger partial charge in [-0.15, -0.1) is 11.3 Å². The van der Waals surface area contributed by atoms with Crippen LogP contribution in [0.25, 0.3) is 10.1 Å². The molecule has 1 unspecified atom stereocenters. The number of ether oxygens (including phenoxy) is 1. The molecule has 0 aliphatic carbocycles. The summed E-state index contributed by atoms with van der Waals surface area (Å²) in [5, 5.41) is 8.82. The minimum Gasteiger partial charge on any atom is -0.484 e. The van der Waals surface area contributed by atoms with Gasteiger partial charge in [0.15, 0.2) is 0 Å². The van der Waals surface area contributed by atoms with Gasteiger partial charge in [-0.3, -0.25) is 10.3 Å². The first-order chi connectivity index (χ1) is 16.2. The van der Waals surface area contributed by atoms with E-state index in [-0.39, 0.29) is 11.9 Å². The summed E-state index contributed by atoms with van der Waals surface area (Å²) in [5.74, 6) is 0.936. The van der Waals surface area contributed by atoms with Crippen LogP contribution in [0.15, 0.2) is 84.9 Å². The van der Waals surface area contributed by atoms with Crippen molar-refractivity contribution < 1.29 is 4.74 Å². The standard InChI is InChI=1S/C27H28N4OS/c28-27(29)26-18-22-23(12-7-13-25(22)33-26)32-24(20-8-3-1-4-9-20)19-30-14-16-31(17-15-30)21-10-5-2-6-11-21/h1-13,18,24H,14-17,19H2,(H3,28,29). The normalized spacial score (nSPS) is 15.5. The lowest BCUT2D eigenvalue weighted by atomic mass is 10.1. The molecule has 4 aromatic rings. The van der Waals surface area contributed by atoms with Gasteiger partial charge in [0.1, 0.15) is 17.7 Å². The van der Waals surface area contributed by atoms with E-state index >= 15 is 0 Å². The maximum atomic E-state index is 7.80. The van der Waals surface area contributed by atoms with Gasteiger partial charge in [0, 0.05) is 48.5 Å². The van der Waals surface area contributed by atoms with Crippen LogP contribution >= 0.6 is 11.3 Å². The number of nitrogens with two attached hydrogens (primary N) is 1. The van der Waals surface area contributed by atoms with E-state index in [9.17, 15) is 0 Å². The SMILES string of the molecule is N=C(N)c1cc2c(OC(CN3CCN(c4ccccc4)CC3)c3ccccc3)cccc2s1. The Bertz CT molecular complexity index is 1220. The van der Waals surface area contributed by atoms with Gasteiger partial charge in [0.2, 0.25) is 0 Å². The predicted molar refractivity (Wildman–Crippen MR) is 138 cm³/mol. The van der Waals surface area contributed by atoms with Crippen LogP contribution in [-0.2, 0) is 0 Å². The molecule has 3 aromatic carbocycles. The van der Waals surface area contributed by atoms with Crippen LogP contribution in [0.2, 0.25) is 0 Å². The number of para-hydroxylation sites is 1. The van der Waals surface area contributed by atoms with Crippen molar-refractivity contribution in [2.45, 2.75) is 6.10 Å². The van der Waals surface area contributed by atoms with E-state index in [1.54, 1.807) is 0 Å². The number of hydrogen-bond donors (Lipinski definition) is 2. The summed E-state index contributed by atoms with van der Waals surface area (Å²) in [5.41, 5.74) is 8.20. The van der Waals surface area contributed by atoms with Crippen LogP contribution in [0, 0.1) is 5.41 Å². The third-order valence-electron chi connectivity index (χ3n) is 6.15. The summed E-state index contributed by atoms with van der Waals surface area (Å²) in [6, 6.07) is 29.1. The van der Waals surface area contributed by atoms with E-state index < -0.39 is 0 Å². The number of anilines is 1. The number of rotatable bonds is 7. The van der Waals surface area contributed by atoms with E-state index in [1.807, 2.05) is 24.3 Å². The lowest BCUT2D eigenvalue weighted by molar-refractivity contribution is 0.130. The average Bonchev–Trinajstić information content (AvgIpc) is 3.31. The summed E-state index contributed by atoms with van der Waals surface area (Å²) >= 11 is 1.53. The third-order valence-corrected chi connectivity index (χ3v) is 7.28. The molecule has 168 valence electrons. The molecule has 0 radical (unpaired) electrons. The highest BCUT2D eigenvalue weighted by Crippen LogP contribution is 2.35. The lowest BCUT2D eigenvalue weighted by Gasteiger charge is -2.37. The van der Waals surface area contributed by atoms with Crippen molar-refractivity contribution in [3.05, 3.63) is 95.4 Å². The monoisotopic (exact) mass is 456 g/mol. The molecule has 0 spiro atoms. The zero-order chi connectivity index (χ0) is 22.6. The van der Waals surface area contributed by atoms with Crippen LogP contribution in [0.5, 0.6) is 5.75 Å². The Labute approximate surface area is 198 Å². The minimum absolute atomic E-state index is 0.0826. The van der Waals surface area contributed by atoms with Crippen molar-refractivity contribution in [3.8, 4) is 5.75 Å². The molecule has 0 saturated carbocycles. The highest BCUT2D eigenvalue weighted by Gasteiger charge is 2.23. The summed E-state index contributed by atoms with van der Waals surface area (Å²) < 4.78 is 7.75. The summed E-state index contributed by atoms with van der Waals surface area (Å²) in [6.45, 7) is 4.84. The molecule has 3 N–H and O–H groups in total. The number of amidine groups is 1. The van der Waals surface area contributed by atoms with Gasteiger partial charge in [0.05, 0.1) is 4.88 Å². The molecule has 1 atom stereocenters. The molecule has 0 bridgehead atoms. The maximum absolute atomic E-state index is 7.80. The van der Waals surface area contributed by atoms with E-state index in [1.165, 1.54) is 22.6 Å². The van der Waals surface area contributed by atoms with Crippen molar-refractivity contribution in [3.63, 3.8) is 0 Å². The Morgan fingerprint density at radius 2 is 1.61 bits per heavy atom. The second kappa shape index (κ2) is 9.65. The maximum Gasteiger partial charge on any atom is 0.136 e. The molecular weight excluding hydrogens is 428 g/mol. The Balaban J connectivity index is 1.35. The number of nitrogen functional groups attached to an aromatic ring is 1. The van der Waals surface area contributed by atoms with Crippen LogP contribution in [0.1, 0.15) is 16.5 Å². The number of piperazine rings is 1. The molecule has 5 rings (SSSR count). The largest absolute Gasteiger partial charge is 0.484 e. The summed E-state index contributed by atoms with van der Waals surface area (Å²) in [4.78, 5) is 5.71. The van der Waals surface area contributed by atoms with Gasteiger partial charge in [-0.25, -0.2) is 0 Å². The van der Waals surface area contributed by atoms with Crippen LogP contribution in [0.3, 0.4) is 0 Å². The van der Waals surface area contributed by atoms with Gasteiger partial charge in [-0.2, -0.15) is 0 Å². The molecule has 1 saturated heterocycles. The molecule has 0 amide bonds. The van der Waals surface area contributed by atoms with E-state index in [0.717, 1.165) is 53.4 Å². The molecular formula is C27H28N4OS. The fraction of sp³-hybridized carbons (Fsp3) is 0.222. The zero-order valence-corrected chi connectivity index (χ0v) is 19.3. The summed E-state index contributed by atoms with van der Waals surface area (Å²) in [6.07, 6.45) is -0.0826. The first-order valence-electron chi connectivity index (χ1n) is 11.3. The molecule has 5 nitrogen and oxygen atoms in total. The Kier molecular flexibility index (Phi) is 6.28. The lowest BCUT2D eigenvalue weighted by Crippen LogP contribution is -2.48. The number of benzene rings is 3. The van der Waals surface area contributed by atoms with Gasteiger partial charge in [0.25, 0.3) is 0 Å². The van der Waals surface area contributed by atoms with Crippen molar-refractivity contribution >= 4 is 32.9 Å². The van der Waals surface area contributed by atoms with Crippen LogP contribution in [-0.4, -0.2) is 43.5 Å². The fourth-order valence-electron chi connectivity index (χ4n) is 4.36. The number of thiophene rings is 1. The number of nitrogens with zero attached hydrogens (tertiary/aromatic N) is 2. The zero-order valence-electron chi connectivity index (χ0n) is 18.5. The van der Waals surface area contributed by atoms with Crippen molar-refractivity contribution in [1.29, 1.82) is 5.41 Å². The molecule has 1 aliphatic rings. The molecule has 1 fully saturated rings. The number of hydrogen-bond acceptors (Lipinski definition) is 5. The summed E-state index contributed by atoms with van der Waals surface area (Å²) in [7, 11) is 0. The Morgan fingerprint density at radius 3 is 2.30 bits per heavy atom. The molecule has 1 aromatic heterocycles. The van der Waals surface area contributed by atoms with Gasteiger partial charge in [-0.1, -0.05) is 54.6 Å². The Hall–Kier alpha value is -3.35. The topological polar surface area (TPSA) is 65.6 Å². The first-order valence-corrected chi connectivity index (χ1v) is 12.1. The quantitative estimate of drug-likeness (QED) is 0.299. The smallest absolute Gasteiger partial charge is 0.136 e. The highest BCUT2D eigenvalue weighted by atomic mass is 32.1. The molecule has 33 heavy (non-hydrogen) atoms. The second-order valence-electron chi connectivity index (χ2n) is 8.33. The second-order valence-corrected chi connectivity index (χ2v) is 9.42. The van der Waals surface area contributed by atoms with E-state index in [4.69, 9.17) is 15.9 Å². The average molecular weight is 457 g/mol. The number of nitrogens with one attached hydrogen (secondary N) is 1. The van der Waals surface area contributed by atoms with Crippen molar-refractivity contribution in [1.82, 2.24) is 4.90 Å². The van der Waals surface area contributed by atoms with Crippen molar-refractivity contribution in [2.75, 3.05) is 37.6 Å². The van der Waals surface area contributed by atoms with E-state index in [2.05, 4.69) is 70.5 Å². The van der Waals surface area contributed by atoms with E-state index in [0.29, 0.717) is 0 Å². The highest BCUT2D eigenvalue weighted by molar-refractivity contribution is 7.20. The molecule has 2 heterocycles. The predicted octanol–water partition coefficient (Wildman–Crippen LogP) is 5.13. The van der Waals surface area contributed by atoms with Crippen molar-refractivity contribution in [2.24, 2.45) is 5.73 Å². The third kappa shape index (κ3) is 4.87. The van der Waals surface area contributed by atoms with Gasteiger partial charge in [-0.05, 0) is 35.9 Å². The van der Waals surface area contributed by atoms with Gasteiger partial charge >= 0.3 is 0 Å². The van der Waals surface area contributed by atoms with Crippen LogP contribution < -0.4 is 15.4 Å². The number of fused-ring (bicyclic) bond motifs is 1. The minimum atomic E-state index is -0.0826. The first kappa shape index (κ1) is 21.5. The molecule has 1 aliphatic heterocycles. The fourth-order valence-corrected chi connectivity index (χ4v) is 5.30. The van der Waals surface area contributed by atoms with Crippen LogP contribution in [0.4, 0.5) is 5.69 Å². The Morgan fingerprint density at radius 1 is 0.909 bits per heavy atom.